The zero-order chi connectivity index (χ0) is 26.5. The second kappa shape index (κ2) is 11.0. The number of rotatable bonds is 8. The molecule has 2 aromatic carbocycles. The summed E-state index contributed by atoms with van der Waals surface area (Å²) in [6.07, 6.45) is 5.27. The average molecular weight is 506 g/mol. The summed E-state index contributed by atoms with van der Waals surface area (Å²) in [7, 11) is 1.71. The van der Waals surface area contributed by atoms with Gasteiger partial charge in [-0.1, -0.05) is 56.0 Å². The second-order valence-corrected chi connectivity index (χ2v) is 10.1. The number of hydrogen-bond acceptors (Lipinski definition) is 5. The van der Waals surface area contributed by atoms with E-state index >= 15 is 0 Å². The number of nitrogens with zero attached hydrogens (tertiary/aromatic N) is 1. The fourth-order valence-corrected chi connectivity index (χ4v) is 5.48. The summed E-state index contributed by atoms with van der Waals surface area (Å²) in [5, 5.41) is 8.51. The molecule has 9 heteroatoms. The van der Waals surface area contributed by atoms with Crippen molar-refractivity contribution in [3.63, 3.8) is 0 Å². The predicted molar refractivity (Wildman–Crippen MR) is 142 cm³/mol. The van der Waals surface area contributed by atoms with E-state index in [4.69, 9.17) is 5.73 Å². The second-order valence-electron chi connectivity index (χ2n) is 10.1. The van der Waals surface area contributed by atoms with Gasteiger partial charge in [0.15, 0.2) is 0 Å². The van der Waals surface area contributed by atoms with E-state index in [0.29, 0.717) is 36.9 Å². The lowest BCUT2D eigenvalue weighted by Gasteiger charge is -2.34. The van der Waals surface area contributed by atoms with Gasteiger partial charge in [-0.3, -0.25) is 19.2 Å². The van der Waals surface area contributed by atoms with Crippen LogP contribution in [0.2, 0.25) is 0 Å². The van der Waals surface area contributed by atoms with Crippen molar-refractivity contribution in [3.05, 3.63) is 60.2 Å². The molecule has 0 radical (unpaired) electrons. The monoisotopic (exact) mass is 505 g/mol. The van der Waals surface area contributed by atoms with Gasteiger partial charge in [0.1, 0.15) is 11.1 Å². The zero-order valence-corrected chi connectivity index (χ0v) is 21.2. The molecule has 0 atom stereocenters. The van der Waals surface area contributed by atoms with Gasteiger partial charge >= 0.3 is 0 Å². The van der Waals surface area contributed by atoms with Crippen LogP contribution in [0.4, 0.5) is 11.4 Å². The van der Waals surface area contributed by atoms with Crippen LogP contribution < -0.4 is 26.6 Å². The minimum atomic E-state index is -1.10. The number of nitrogens with two attached hydrogens (primary N) is 1. The Bertz CT molecular complexity index is 1150. The summed E-state index contributed by atoms with van der Waals surface area (Å²) in [5.41, 5.74) is 5.23. The van der Waals surface area contributed by atoms with Crippen molar-refractivity contribution in [2.24, 2.45) is 0 Å². The first-order valence-electron chi connectivity index (χ1n) is 12.9. The summed E-state index contributed by atoms with van der Waals surface area (Å²) < 4.78 is 0. The lowest BCUT2D eigenvalue weighted by Crippen LogP contribution is -2.61. The van der Waals surface area contributed by atoms with Crippen molar-refractivity contribution in [2.45, 2.75) is 62.4 Å². The third kappa shape index (κ3) is 5.60. The Labute approximate surface area is 217 Å². The minimum Gasteiger partial charge on any atom is -0.398 e. The molecule has 0 bridgehead atoms. The number of amides is 4. The lowest BCUT2D eigenvalue weighted by molar-refractivity contribution is -0.133. The Balaban J connectivity index is 1.40. The Morgan fingerprint density at radius 2 is 1.38 bits per heavy atom. The number of carbonyl (C=O) groups is 4. The molecule has 196 valence electrons. The molecule has 2 aliphatic carbocycles. The summed E-state index contributed by atoms with van der Waals surface area (Å²) in [6.45, 7) is -0.284. The minimum absolute atomic E-state index is 0.171. The van der Waals surface area contributed by atoms with Crippen LogP contribution in [0.15, 0.2) is 54.6 Å². The highest BCUT2D eigenvalue weighted by Crippen LogP contribution is 2.33. The van der Waals surface area contributed by atoms with Crippen LogP contribution in [-0.2, 0) is 14.4 Å². The summed E-state index contributed by atoms with van der Waals surface area (Å²) in [6, 6.07) is 16.0. The molecule has 0 aromatic heterocycles. The number of hydrogen-bond donors (Lipinski definition) is 4. The molecular formula is C28H35N5O4. The van der Waals surface area contributed by atoms with Gasteiger partial charge in [-0.05, 0) is 49.9 Å². The van der Waals surface area contributed by atoms with Gasteiger partial charge in [0.05, 0.1) is 12.1 Å². The summed E-state index contributed by atoms with van der Waals surface area (Å²) >= 11 is 0. The van der Waals surface area contributed by atoms with Crippen molar-refractivity contribution in [2.75, 3.05) is 24.2 Å². The smallest absolute Gasteiger partial charge is 0.254 e. The van der Waals surface area contributed by atoms with Crippen LogP contribution in [0.5, 0.6) is 0 Å². The van der Waals surface area contributed by atoms with Crippen molar-refractivity contribution in [1.82, 2.24) is 16.0 Å². The molecule has 0 spiro atoms. The highest BCUT2D eigenvalue weighted by molar-refractivity contribution is 6.04. The van der Waals surface area contributed by atoms with Crippen LogP contribution in [0, 0.1) is 0 Å². The topological polar surface area (TPSA) is 134 Å². The van der Waals surface area contributed by atoms with Crippen LogP contribution >= 0.6 is 0 Å². The van der Waals surface area contributed by atoms with E-state index in [1.807, 2.05) is 30.3 Å². The van der Waals surface area contributed by atoms with E-state index in [0.717, 1.165) is 31.4 Å². The number of nitrogen functional groups attached to an aromatic ring is 1. The lowest BCUT2D eigenvalue weighted by atomic mass is 9.94. The standard InChI is InChI=1S/C28H35N5O4/c1-33(20-11-3-2-4-12-20)26(37)28(17-9-10-18-28)31-23(34)19-30-25(36)27(15-7-8-16-27)32-24(35)21-13-5-6-14-22(21)29/h2-6,11-14H,7-10,15-19,29H2,1H3,(H,30,36)(H,31,34)(H,32,35). The zero-order valence-electron chi connectivity index (χ0n) is 21.2. The van der Waals surface area contributed by atoms with E-state index in [2.05, 4.69) is 16.0 Å². The quantitative estimate of drug-likeness (QED) is 0.409. The maximum absolute atomic E-state index is 13.5. The van der Waals surface area contributed by atoms with Gasteiger partial charge in [-0.2, -0.15) is 0 Å². The molecule has 0 heterocycles. The number of carbonyl (C=O) groups excluding carboxylic acids is 4. The van der Waals surface area contributed by atoms with Gasteiger partial charge < -0.3 is 26.6 Å². The first-order valence-corrected chi connectivity index (χ1v) is 12.9. The normalized spacial score (nSPS) is 17.5. The van der Waals surface area contributed by atoms with Gasteiger partial charge in [-0.15, -0.1) is 0 Å². The Hall–Kier alpha value is -3.88. The molecule has 0 unspecified atom stereocenters. The molecule has 0 saturated heterocycles. The number of likely N-dealkylation sites (N-methyl/N-ethyl adjacent to an activating group) is 1. The van der Waals surface area contributed by atoms with Gasteiger partial charge in [-0.25, -0.2) is 0 Å². The van der Waals surface area contributed by atoms with Crippen LogP contribution in [0.1, 0.15) is 61.7 Å². The third-order valence-corrected chi connectivity index (χ3v) is 7.55. The van der Waals surface area contributed by atoms with Crippen LogP contribution in [0.3, 0.4) is 0 Å². The first kappa shape index (κ1) is 26.2. The predicted octanol–water partition coefficient (Wildman–Crippen LogP) is 2.52. The Morgan fingerprint density at radius 3 is 2.00 bits per heavy atom. The fourth-order valence-electron chi connectivity index (χ4n) is 5.48. The largest absolute Gasteiger partial charge is 0.398 e. The number of para-hydroxylation sites is 2. The van der Waals surface area contributed by atoms with Crippen molar-refractivity contribution < 1.29 is 19.2 Å². The number of nitrogens with one attached hydrogen (secondary N) is 3. The SMILES string of the molecule is CN(C(=O)C1(NC(=O)CNC(=O)C2(NC(=O)c3ccccc3N)CCCC2)CCCC1)c1ccccc1. The van der Waals surface area contributed by atoms with Crippen LogP contribution in [-0.4, -0.2) is 48.3 Å². The number of benzene rings is 2. The highest BCUT2D eigenvalue weighted by Gasteiger charge is 2.45. The molecule has 37 heavy (non-hydrogen) atoms. The van der Waals surface area contributed by atoms with Gasteiger partial charge in [0.2, 0.25) is 11.8 Å². The van der Waals surface area contributed by atoms with E-state index in [1.165, 1.54) is 0 Å². The molecule has 0 aliphatic heterocycles. The van der Waals surface area contributed by atoms with Crippen LogP contribution in [0.25, 0.3) is 0 Å². The molecule has 2 fully saturated rings. The highest BCUT2D eigenvalue weighted by atomic mass is 16.2. The molecule has 2 aliphatic rings. The van der Waals surface area contributed by atoms with Crippen molar-refractivity contribution >= 4 is 35.0 Å². The molecule has 4 rings (SSSR count). The van der Waals surface area contributed by atoms with Crippen molar-refractivity contribution in [1.29, 1.82) is 0 Å². The van der Waals surface area contributed by atoms with Gasteiger partial charge in [0, 0.05) is 18.4 Å². The molecule has 2 saturated carbocycles. The average Bonchev–Trinajstić information content (AvgIpc) is 3.58. The van der Waals surface area contributed by atoms with Crippen molar-refractivity contribution in [3.8, 4) is 0 Å². The van der Waals surface area contributed by atoms with E-state index < -0.39 is 28.8 Å². The summed E-state index contributed by atoms with van der Waals surface area (Å²) in [4.78, 5) is 54.2. The molecule has 9 nitrogen and oxygen atoms in total. The maximum Gasteiger partial charge on any atom is 0.254 e. The molecule has 5 N–H and O–H groups in total. The van der Waals surface area contributed by atoms with E-state index in [-0.39, 0.29) is 12.5 Å². The maximum atomic E-state index is 13.5. The van der Waals surface area contributed by atoms with E-state index in [1.54, 1.807) is 36.2 Å². The fraction of sp³-hybridized carbons (Fsp3) is 0.429. The number of anilines is 2. The Morgan fingerprint density at radius 1 is 0.811 bits per heavy atom. The first-order chi connectivity index (χ1) is 17.8. The molecule has 2 aromatic rings. The summed E-state index contributed by atoms with van der Waals surface area (Å²) in [5.74, 6) is -1.43. The van der Waals surface area contributed by atoms with Gasteiger partial charge in [0.25, 0.3) is 11.8 Å². The molecular weight excluding hydrogens is 470 g/mol. The Kier molecular flexibility index (Phi) is 7.80. The van der Waals surface area contributed by atoms with E-state index in [9.17, 15) is 19.2 Å². The molecule has 4 amide bonds. The third-order valence-electron chi connectivity index (χ3n) is 7.55.